The maximum Gasteiger partial charge on any atom is 0.251 e. The van der Waals surface area contributed by atoms with Crippen molar-refractivity contribution in [3.05, 3.63) is 29.3 Å². The molecule has 0 unspecified atom stereocenters. The quantitative estimate of drug-likeness (QED) is 0.870. The highest BCUT2D eigenvalue weighted by molar-refractivity contribution is 7.16. The largest absolute Gasteiger partial charge is 0.352 e. The summed E-state index contributed by atoms with van der Waals surface area (Å²) in [6.45, 7) is 6.56. The van der Waals surface area contributed by atoms with Gasteiger partial charge in [0.2, 0.25) is 0 Å². The molecule has 0 spiro atoms. The summed E-state index contributed by atoms with van der Waals surface area (Å²) in [6.07, 6.45) is 0. The molecule has 1 amide bonds. The highest BCUT2D eigenvalue weighted by atomic mass is 32.1. The first-order chi connectivity index (χ1) is 7.81. The van der Waals surface area contributed by atoms with Crippen LogP contribution in [0, 0.1) is 0 Å². The van der Waals surface area contributed by atoms with Crippen LogP contribution in [0.25, 0.3) is 10.2 Å². The number of nitrogens with one attached hydrogen (secondary N) is 1. The van der Waals surface area contributed by atoms with Gasteiger partial charge in [0.05, 0.1) is 15.7 Å². The molecule has 0 aliphatic heterocycles. The normalized spacial score (nSPS) is 9.44. The zero-order chi connectivity index (χ0) is 12.0. The number of amides is 1. The molecule has 1 aromatic heterocycles. The van der Waals surface area contributed by atoms with Gasteiger partial charge in [0.25, 0.3) is 5.91 Å². The maximum absolute atomic E-state index is 11.5. The molecule has 3 nitrogen and oxygen atoms in total. The zero-order valence-corrected chi connectivity index (χ0v) is 10.6. The number of aromatic nitrogens is 1. The second kappa shape index (κ2) is 6.23. The summed E-state index contributed by atoms with van der Waals surface area (Å²) in [5, 5.41) is 2.76. The molecule has 1 N–H and O–H groups in total. The van der Waals surface area contributed by atoms with Gasteiger partial charge in [0, 0.05) is 12.1 Å². The fourth-order valence-corrected chi connectivity index (χ4v) is 1.98. The lowest BCUT2D eigenvalue weighted by Crippen LogP contribution is -2.22. The van der Waals surface area contributed by atoms with Gasteiger partial charge in [-0.1, -0.05) is 13.8 Å². The molecule has 16 heavy (non-hydrogen) atoms. The molecule has 0 fully saturated rings. The van der Waals surface area contributed by atoms with E-state index in [9.17, 15) is 4.79 Å². The third kappa shape index (κ3) is 2.79. The topological polar surface area (TPSA) is 42.0 Å². The minimum absolute atomic E-state index is 0.0252. The molecule has 1 aromatic carbocycles. The number of rotatable bonds is 2. The van der Waals surface area contributed by atoms with Gasteiger partial charge >= 0.3 is 0 Å². The molecule has 2 aromatic rings. The lowest BCUT2D eigenvalue weighted by Gasteiger charge is -2.00. The average Bonchev–Trinajstić information content (AvgIpc) is 2.79. The average molecular weight is 236 g/mol. The van der Waals surface area contributed by atoms with Gasteiger partial charge in [0.15, 0.2) is 0 Å². The Labute approximate surface area is 99.5 Å². The number of hydrogen-bond donors (Lipinski definition) is 1. The zero-order valence-electron chi connectivity index (χ0n) is 9.78. The Kier molecular flexibility index (Phi) is 4.92. The summed E-state index contributed by atoms with van der Waals surface area (Å²) in [5.74, 6) is -0.0252. The van der Waals surface area contributed by atoms with Crippen LogP contribution in [0.5, 0.6) is 0 Å². The second-order valence-electron chi connectivity index (χ2n) is 2.89. The van der Waals surface area contributed by atoms with E-state index in [-0.39, 0.29) is 5.91 Å². The van der Waals surface area contributed by atoms with E-state index in [4.69, 9.17) is 0 Å². The lowest BCUT2D eigenvalue weighted by atomic mass is 10.2. The third-order valence-corrected chi connectivity index (χ3v) is 2.72. The molecule has 86 valence electrons. The summed E-state index contributed by atoms with van der Waals surface area (Å²) < 4.78 is 1.05. The number of carbonyl (C=O) groups is 1. The van der Waals surface area contributed by atoms with Crippen molar-refractivity contribution in [2.45, 2.75) is 20.8 Å². The second-order valence-corrected chi connectivity index (χ2v) is 3.78. The van der Waals surface area contributed by atoms with Crippen molar-refractivity contribution in [2.24, 2.45) is 0 Å². The van der Waals surface area contributed by atoms with Crippen LogP contribution in [-0.2, 0) is 0 Å². The van der Waals surface area contributed by atoms with Gasteiger partial charge < -0.3 is 5.32 Å². The van der Waals surface area contributed by atoms with Crippen molar-refractivity contribution in [3.8, 4) is 0 Å². The standard InChI is InChI=1S/C10H10N2OS.C2H6/c1-2-11-10(13)7-3-4-8-9(5-7)14-6-12-8;1-2/h3-6H,2H2,1H3,(H,11,13);1-2H3. The first-order valence-corrected chi connectivity index (χ1v) is 6.30. The monoisotopic (exact) mass is 236 g/mol. The van der Waals surface area contributed by atoms with Crippen LogP contribution in [0.1, 0.15) is 31.1 Å². The molecule has 0 bridgehead atoms. The van der Waals surface area contributed by atoms with Crippen LogP contribution < -0.4 is 5.32 Å². The first-order valence-electron chi connectivity index (χ1n) is 5.42. The molecular weight excluding hydrogens is 220 g/mol. The smallest absolute Gasteiger partial charge is 0.251 e. The summed E-state index contributed by atoms with van der Waals surface area (Å²) >= 11 is 1.55. The van der Waals surface area contributed by atoms with Crippen LogP contribution >= 0.6 is 11.3 Å². The van der Waals surface area contributed by atoms with E-state index in [1.807, 2.05) is 32.9 Å². The van der Waals surface area contributed by atoms with Crippen LogP contribution in [0.15, 0.2) is 23.7 Å². The summed E-state index contributed by atoms with van der Waals surface area (Å²) in [6, 6.07) is 5.54. The molecule has 1 heterocycles. The Balaban J connectivity index is 0.000000606. The minimum atomic E-state index is -0.0252. The van der Waals surface area contributed by atoms with Gasteiger partial charge in [-0.05, 0) is 25.1 Å². The van der Waals surface area contributed by atoms with E-state index in [1.54, 1.807) is 22.9 Å². The fraction of sp³-hybridized carbons (Fsp3) is 0.333. The predicted octanol–water partition coefficient (Wildman–Crippen LogP) is 3.07. The Morgan fingerprint density at radius 2 is 2.19 bits per heavy atom. The van der Waals surface area contributed by atoms with Crippen molar-refractivity contribution in [2.75, 3.05) is 6.54 Å². The fourth-order valence-electron chi connectivity index (χ4n) is 1.26. The van der Waals surface area contributed by atoms with E-state index in [0.29, 0.717) is 12.1 Å². The minimum Gasteiger partial charge on any atom is -0.352 e. The number of hydrogen-bond acceptors (Lipinski definition) is 3. The Morgan fingerprint density at radius 1 is 1.44 bits per heavy atom. The van der Waals surface area contributed by atoms with E-state index < -0.39 is 0 Å². The van der Waals surface area contributed by atoms with E-state index in [2.05, 4.69) is 10.3 Å². The number of thiazole rings is 1. The van der Waals surface area contributed by atoms with Crippen molar-refractivity contribution >= 4 is 27.5 Å². The molecule has 0 aliphatic rings. The van der Waals surface area contributed by atoms with Gasteiger partial charge in [-0.15, -0.1) is 11.3 Å². The van der Waals surface area contributed by atoms with Crippen LogP contribution in [-0.4, -0.2) is 17.4 Å². The molecule has 4 heteroatoms. The molecule has 0 aliphatic carbocycles. The SMILES string of the molecule is CC.CCNC(=O)c1ccc2ncsc2c1. The highest BCUT2D eigenvalue weighted by Gasteiger charge is 2.05. The molecule has 0 saturated heterocycles. The summed E-state index contributed by atoms with van der Waals surface area (Å²) in [4.78, 5) is 15.6. The van der Waals surface area contributed by atoms with Crippen LogP contribution in [0.4, 0.5) is 0 Å². The predicted molar refractivity (Wildman–Crippen MR) is 69.0 cm³/mol. The summed E-state index contributed by atoms with van der Waals surface area (Å²) in [7, 11) is 0. The number of benzene rings is 1. The Bertz CT molecular complexity index is 465. The van der Waals surface area contributed by atoms with Gasteiger partial charge in [0.1, 0.15) is 0 Å². The van der Waals surface area contributed by atoms with Crippen molar-refractivity contribution in [1.29, 1.82) is 0 Å². The maximum atomic E-state index is 11.5. The first kappa shape index (κ1) is 12.6. The van der Waals surface area contributed by atoms with Crippen molar-refractivity contribution in [3.63, 3.8) is 0 Å². The molecule has 0 atom stereocenters. The van der Waals surface area contributed by atoms with Crippen molar-refractivity contribution in [1.82, 2.24) is 10.3 Å². The Hall–Kier alpha value is -1.42. The van der Waals surface area contributed by atoms with Crippen molar-refractivity contribution < 1.29 is 4.79 Å². The van der Waals surface area contributed by atoms with E-state index in [1.165, 1.54) is 0 Å². The molecular formula is C12H16N2OS. The Morgan fingerprint density at radius 3 is 2.88 bits per heavy atom. The van der Waals surface area contributed by atoms with E-state index >= 15 is 0 Å². The van der Waals surface area contributed by atoms with Gasteiger partial charge in [-0.3, -0.25) is 4.79 Å². The number of carbonyl (C=O) groups excluding carboxylic acids is 1. The lowest BCUT2D eigenvalue weighted by molar-refractivity contribution is 0.0956. The van der Waals surface area contributed by atoms with Gasteiger partial charge in [-0.25, -0.2) is 4.98 Å². The number of fused-ring (bicyclic) bond motifs is 1. The third-order valence-electron chi connectivity index (χ3n) is 1.93. The molecule has 0 radical (unpaired) electrons. The van der Waals surface area contributed by atoms with Gasteiger partial charge in [-0.2, -0.15) is 0 Å². The van der Waals surface area contributed by atoms with Crippen LogP contribution in [0.2, 0.25) is 0 Å². The van der Waals surface area contributed by atoms with Crippen LogP contribution in [0.3, 0.4) is 0 Å². The summed E-state index contributed by atoms with van der Waals surface area (Å²) in [5.41, 5.74) is 3.43. The molecule has 2 rings (SSSR count). The number of nitrogens with zero attached hydrogens (tertiary/aromatic N) is 1. The molecule has 0 saturated carbocycles. The highest BCUT2D eigenvalue weighted by Crippen LogP contribution is 2.18. The van der Waals surface area contributed by atoms with E-state index in [0.717, 1.165) is 10.2 Å².